The Morgan fingerprint density at radius 2 is 1.89 bits per heavy atom. The normalized spacial score (nSPS) is 15.3. The molecule has 2 rings (SSSR count). The van der Waals surface area contributed by atoms with Crippen molar-refractivity contribution in [2.24, 2.45) is 0 Å². The number of benzene rings is 1. The number of methoxy groups -OCH3 is 1. The fourth-order valence-electron chi connectivity index (χ4n) is 1.98. The van der Waals surface area contributed by atoms with Crippen molar-refractivity contribution in [1.29, 1.82) is 0 Å². The number of carbonyl (C=O) groups is 1. The summed E-state index contributed by atoms with van der Waals surface area (Å²) in [5.74, 6) is 0. The molecule has 1 aromatic rings. The molecule has 0 radical (unpaired) electrons. The second kappa shape index (κ2) is 7.11. The van der Waals surface area contributed by atoms with Crippen LogP contribution in [0, 0.1) is 0 Å². The average Bonchev–Trinajstić information content (AvgIpc) is 2.47. The summed E-state index contributed by atoms with van der Waals surface area (Å²) in [6.07, 6.45) is 0. The van der Waals surface area contributed by atoms with Gasteiger partial charge in [-0.05, 0) is 11.1 Å². The molecular weight excluding hydrogens is 244 g/mol. The van der Waals surface area contributed by atoms with E-state index in [0.29, 0.717) is 39.5 Å². The molecule has 0 unspecified atom stereocenters. The van der Waals surface area contributed by atoms with Crippen LogP contribution >= 0.6 is 0 Å². The number of ether oxygens (including phenoxy) is 2. The van der Waals surface area contributed by atoms with Crippen LogP contribution in [0.25, 0.3) is 0 Å². The van der Waals surface area contributed by atoms with Crippen LogP contribution in [0.4, 0.5) is 4.79 Å². The van der Waals surface area contributed by atoms with Gasteiger partial charge in [-0.25, -0.2) is 4.79 Å². The van der Waals surface area contributed by atoms with Gasteiger partial charge >= 0.3 is 6.03 Å². The lowest BCUT2D eigenvalue weighted by molar-refractivity contribution is 0.0531. The van der Waals surface area contributed by atoms with E-state index in [-0.39, 0.29) is 6.03 Å². The summed E-state index contributed by atoms with van der Waals surface area (Å²) >= 11 is 0. The molecule has 1 saturated heterocycles. The molecule has 0 spiro atoms. The van der Waals surface area contributed by atoms with Crippen LogP contribution in [0.1, 0.15) is 11.1 Å². The minimum absolute atomic E-state index is 0.0238. The number of hydrogen-bond acceptors (Lipinski definition) is 3. The molecule has 0 aliphatic carbocycles. The quantitative estimate of drug-likeness (QED) is 0.893. The summed E-state index contributed by atoms with van der Waals surface area (Å²) in [6, 6.07) is 8.02. The van der Waals surface area contributed by atoms with Crippen LogP contribution < -0.4 is 5.32 Å². The number of carbonyl (C=O) groups excluding carboxylic acids is 1. The van der Waals surface area contributed by atoms with E-state index < -0.39 is 0 Å². The van der Waals surface area contributed by atoms with Crippen LogP contribution in [0.2, 0.25) is 0 Å². The summed E-state index contributed by atoms with van der Waals surface area (Å²) in [7, 11) is 1.68. The SMILES string of the molecule is COCc1ccc(CNC(=O)N2CCOCC2)cc1. The summed E-state index contributed by atoms with van der Waals surface area (Å²) in [4.78, 5) is 13.7. The number of nitrogens with one attached hydrogen (secondary N) is 1. The van der Waals surface area contributed by atoms with E-state index in [0.717, 1.165) is 11.1 Å². The van der Waals surface area contributed by atoms with Crippen LogP contribution in [-0.4, -0.2) is 44.3 Å². The van der Waals surface area contributed by atoms with Gasteiger partial charge in [0.25, 0.3) is 0 Å². The van der Waals surface area contributed by atoms with E-state index in [1.807, 2.05) is 24.3 Å². The number of nitrogens with zero attached hydrogens (tertiary/aromatic N) is 1. The molecule has 1 fully saturated rings. The first-order valence-corrected chi connectivity index (χ1v) is 6.47. The zero-order valence-corrected chi connectivity index (χ0v) is 11.2. The van der Waals surface area contributed by atoms with Gasteiger partial charge in [0.2, 0.25) is 0 Å². The fourth-order valence-corrected chi connectivity index (χ4v) is 1.98. The average molecular weight is 264 g/mol. The highest BCUT2D eigenvalue weighted by atomic mass is 16.5. The first kappa shape index (κ1) is 13.8. The third-order valence-corrected chi connectivity index (χ3v) is 3.08. The van der Waals surface area contributed by atoms with Gasteiger partial charge in [0.05, 0.1) is 19.8 Å². The van der Waals surface area contributed by atoms with E-state index in [4.69, 9.17) is 9.47 Å². The molecule has 5 nitrogen and oxygen atoms in total. The van der Waals surface area contributed by atoms with E-state index >= 15 is 0 Å². The highest BCUT2D eigenvalue weighted by Crippen LogP contribution is 2.06. The summed E-state index contributed by atoms with van der Waals surface area (Å²) < 4.78 is 10.3. The third kappa shape index (κ3) is 4.22. The molecular formula is C14H20N2O3. The molecule has 1 N–H and O–H groups in total. The van der Waals surface area contributed by atoms with Crippen molar-refractivity contribution in [3.05, 3.63) is 35.4 Å². The number of morpholine rings is 1. The largest absolute Gasteiger partial charge is 0.380 e. The maximum atomic E-state index is 11.9. The second-order valence-corrected chi connectivity index (χ2v) is 4.51. The first-order valence-electron chi connectivity index (χ1n) is 6.47. The maximum Gasteiger partial charge on any atom is 0.317 e. The number of amides is 2. The zero-order valence-electron chi connectivity index (χ0n) is 11.2. The van der Waals surface area contributed by atoms with Crippen molar-refractivity contribution < 1.29 is 14.3 Å². The number of urea groups is 1. The molecule has 5 heteroatoms. The lowest BCUT2D eigenvalue weighted by Crippen LogP contribution is -2.45. The van der Waals surface area contributed by atoms with Gasteiger partial charge in [-0.3, -0.25) is 0 Å². The van der Waals surface area contributed by atoms with Crippen molar-refractivity contribution >= 4 is 6.03 Å². The lowest BCUT2D eigenvalue weighted by Gasteiger charge is -2.26. The van der Waals surface area contributed by atoms with Gasteiger partial charge in [0, 0.05) is 26.7 Å². The first-order chi connectivity index (χ1) is 9.29. The molecule has 0 bridgehead atoms. The summed E-state index contributed by atoms with van der Waals surface area (Å²) in [5, 5.41) is 2.92. The molecule has 1 aliphatic rings. The number of rotatable bonds is 4. The Morgan fingerprint density at radius 1 is 1.26 bits per heavy atom. The van der Waals surface area contributed by atoms with Crippen LogP contribution in [0.5, 0.6) is 0 Å². The second-order valence-electron chi connectivity index (χ2n) is 4.51. The van der Waals surface area contributed by atoms with Gasteiger partial charge < -0.3 is 19.7 Å². The minimum Gasteiger partial charge on any atom is -0.380 e. The molecule has 104 valence electrons. The zero-order chi connectivity index (χ0) is 13.5. The van der Waals surface area contributed by atoms with Crippen molar-refractivity contribution in [3.8, 4) is 0 Å². The topological polar surface area (TPSA) is 50.8 Å². The molecule has 19 heavy (non-hydrogen) atoms. The highest BCUT2D eigenvalue weighted by Gasteiger charge is 2.15. The van der Waals surface area contributed by atoms with E-state index in [1.165, 1.54) is 0 Å². The summed E-state index contributed by atoms with van der Waals surface area (Å²) in [5.41, 5.74) is 2.22. The van der Waals surface area contributed by atoms with E-state index in [1.54, 1.807) is 12.0 Å². The monoisotopic (exact) mass is 264 g/mol. The predicted molar refractivity (Wildman–Crippen MR) is 71.8 cm³/mol. The number of hydrogen-bond donors (Lipinski definition) is 1. The van der Waals surface area contributed by atoms with Crippen molar-refractivity contribution in [2.75, 3.05) is 33.4 Å². The Balaban J connectivity index is 1.79. The summed E-state index contributed by atoms with van der Waals surface area (Å²) in [6.45, 7) is 3.74. The van der Waals surface area contributed by atoms with Gasteiger partial charge in [-0.1, -0.05) is 24.3 Å². The minimum atomic E-state index is -0.0238. The Kier molecular flexibility index (Phi) is 5.18. The van der Waals surface area contributed by atoms with Crippen molar-refractivity contribution in [1.82, 2.24) is 10.2 Å². The Hall–Kier alpha value is -1.59. The fraction of sp³-hybridized carbons (Fsp3) is 0.500. The van der Waals surface area contributed by atoms with E-state index in [2.05, 4.69) is 5.32 Å². The molecule has 1 aromatic carbocycles. The molecule has 0 saturated carbocycles. The van der Waals surface area contributed by atoms with Crippen LogP contribution in [0.15, 0.2) is 24.3 Å². The van der Waals surface area contributed by atoms with Gasteiger partial charge in [0.15, 0.2) is 0 Å². The standard InChI is InChI=1S/C14H20N2O3/c1-18-11-13-4-2-12(3-5-13)10-15-14(17)16-6-8-19-9-7-16/h2-5H,6-11H2,1H3,(H,15,17). The van der Waals surface area contributed by atoms with Gasteiger partial charge in [-0.2, -0.15) is 0 Å². The third-order valence-electron chi connectivity index (χ3n) is 3.08. The van der Waals surface area contributed by atoms with Crippen LogP contribution in [-0.2, 0) is 22.6 Å². The smallest absolute Gasteiger partial charge is 0.317 e. The lowest BCUT2D eigenvalue weighted by atomic mass is 10.1. The Morgan fingerprint density at radius 3 is 2.53 bits per heavy atom. The molecule has 0 atom stereocenters. The molecule has 1 aliphatic heterocycles. The molecule has 0 aromatic heterocycles. The molecule has 1 heterocycles. The Labute approximate surface area is 113 Å². The van der Waals surface area contributed by atoms with E-state index in [9.17, 15) is 4.79 Å². The van der Waals surface area contributed by atoms with Gasteiger partial charge in [-0.15, -0.1) is 0 Å². The van der Waals surface area contributed by atoms with Crippen molar-refractivity contribution in [3.63, 3.8) is 0 Å². The molecule has 2 amide bonds. The van der Waals surface area contributed by atoms with Crippen LogP contribution in [0.3, 0.4) is 0 Å². The predicted octanol–water partition coefficient (Wildman–Crippen LogP) is 1.37. The van der Waals surface area contributed by atoms with Crippen molar-refractivity contribution in [2.45, 2.75) is 13.2 Å². The maximum absolute atomic E-state index is 11.9. The van der Waals surface area contributed by atoms with Gasteiger partial charge in [0.1, 0.15) is 0 Å². The Bertz CT molecular complexity index is 400. The highest BCUT2D eigenvalue weighted by molar-refractivity contribution is 5.74.